The third kappa shape index (κ3) is 4.20. The zero-order chi connectivity index (χ0) is 12.2. The van der Waals surface area contributed by atoms with E-state index in [1.165, 1.54) is 0 Å². The fraction of sp³-hybridized carbons (Fsp3) is 0.727. The van der Waals surface area contributed by atoms with Crippen molar-refractivity contribution >= 4 is 6.09 Å². The first kappa shape index (κ1) is 13.0. The summed E-state index contributed by atoms with van der Waals surface area (Å²) in [6.07, 6.45) is 2.69. The Hall–Kier alpha value is -1.07. The minimum absolute atomic E-state index is 0.134. The maximum absolute atomic E-state index is 11.5. The first-order valence-corrected chi connectivity index (χ1v) is 5.31. The average Bonchev–Trinajstić information content (AvgIpc) is 2.15. The second-order valence-electron chi connectivity index (χ2n) is 4.65. The van der Waals surface area contributed by atoms with E-state index in [9.17, 15) is 4.79 Å². The van der Waals surface area contributed by atoms with Crippen molar-refractivity contribution in [3.05, 3.63) is 12.2 Å². The zero-order valence-electron chi connectivity index (χ0n) is 9.90. The molecular weight excluding hydrogens is 210 g/mol. The number of carbonyl (C=O) groups excluding carboxylic acids is 1. The summed E-state index contributed by atoms with van der Waals surface area (Å²) in [6.45, 7) is 5.71. The monoisotopic (exact) mass is 229 g/mol. The summed E-state index contributed by atoms with van der Waals surface area (Å²) in [4.78, 5) is 11.5. The number of amides is 1. The van der Waals surface area contributed by atoms with Crippen molar-refractivity contribution in [1.29, 1.82) is 0 Å². The molecule has 1 amide bonds. The van der Waals surface area contributed by atoms with E-state index >= 15 is 0 Å². The highest BCUT2D eigenvalue weighted by atomic mass is 16.6. The molecule has 0 aromatic rings. The Balaban J connectivity index is 2.49. The third-order valence-corrected chi connectivity index (χ3v) is 2.01. The minimum atomic E-state index is -0.530. The van der Waals surface area contributed by atoms with Gasteiger partial charge in [0.25, 0.3) is 0 Å². The van der Waals surface area contributed by atoms with Crippen LogP contribution in [0.5, 0.6) is 0 Å². The van der Waals surface area contributed by atoms with E-state index in [-0.39, 0.29) is 12.6 Å². The van der Waals surface area contributed by atoms with Crippen LogP contribution in [0.4, 0.5) is 4.79 Å². The van der Waals surface area contributed by atoms with E-state index in [1.54, 1.807) is 32.9 Å². The van der Waals surface area contributed by atoms with Crippen LogP contribution in [0.25, 0.3) is 0 Å². The molecule has 2 unspecified atom stereocenters. The summed E-state index contributed by atoms with van der Waals surface area (Å²) >= 11 is 0. The minimum Gasteiger partial charge on any atom is -0.444 e. The Kier molecular flexibility index (Phi) is 4.32. The Morgan fingerprint density at radius 1 is 1.62 bits per heavy atom. The predicted molar refractivity (Wildman–Crippen MR) is 59.1 cm³/mol. The van der Waals surface area contributed by atoms with Gasteiger partial charge >= 0.3 is 6.09 Å². The summed E-state index contributed by atoms with van der Waals surface area (Å²) in [5.41, 5.74) is -0.530. The highest BCUT2D eigenvalue weighted by Crippen LogP contribution is 2.10. The van der Waals surface area contributed by atoms with Gasteiger partial charge in [-0.1, -0.05) is 12.2 Å². The standard InChI is InChI=1S/C11H19NO4/c1-11(2,3)16-10(14)12-8-5-4-6-15-9(8)7-13/h4-5,8-9,13H,6-7H2,1-3H3,(H,12,14). The molecule has 2 atom stereocenters. The molecule has 1 aliphatic heterocycles. The first-order chi connectivity index (χ1) is 7.42. The van der Waals surface area contributed by atoms with Gasteiger partial charge in [-0.05, 0) is 20.8 Å². The van der Waals surface area contributed by atoms with E-state index in [0.29, 0.717) is 6.61 Å². The molecule has 16 heavy (non-hydrogen) atoms. The topological polar surface area (TPSA) is 67.8 Å². The number of nitrogens with one attached hydrogen (secondary N) is 1. The Morgan fingerprint density at radius 3 is 2.88 bits per heavy atom. The molecule has 2 N–H and O–H groups in total. The zero-order valence-corrected chi connectivity index (χ0v) is 9.90. The molecule has 5 heteroatoms. The van der Waals surface area contributed by atoms with Gasteiger partial charge in [0.05, 0.1) is 19.3 Å². The number of aliphatic hydroxyl groups excluding tert-OH is 1. The lowest BCUT2D eigenvalue weighted by Crippen LogP contribution is -2.48. The van der Waals surface area contributed by atoms with Gasteiger partial charge in [-0.15, -0.1) is 0 Å². The molecule has 1 aliphatic rings. The van der Waals surface area contributed by atoms with Gasteiger partial charge in [-0.3, -0.25) is 0 Å². The molecule has 0 aromatic carbocycles. The molecule has 0 aliphatic carbocycles. The SMILES string of the molecule is CC(C)(C)OC(=O)NC1C=CCOC1CO. The van der Waals surface area contributed by atoms with E-state index < -0.39 is 17.8 Å². The van der Waals surface area contributed by atoms with Crippen LogP contribution >= 0.6 is 0 Å². The number of alkyl carbamates (subject to hydrolysis) is 1. The molecule has 0 bridgehead atoms. The molecule has 0 fully saturated rings. The summed E-state index contributed by atoms with van der Waals surface area (Å²) in [7, 11) is 0. The number of hydrogen-bond donors (Lipinski definition) is 2. The summed E-state index contributed by atoms with van der Waals surface area (Å²) < 4.78 is 10.4. The molecular formula is C11H19NO4. The molecule has 0 saturated carbocycles. The molecule has 92 valence electrons. The second-order valence-corrected chi connectivity index (χ2v) is 4.65. The van der Waals surface area contributed by atoms with Crippen molar-refractivity contribution in [2.45, 2.75) is 38.5 Å². The highest BCUT2D eigenvalue weighted by molar-refractivity contribution is 5.68. The van der Waals surface area contributed by atoms with Crippen molar-refractivity contribution in [2.24, 2.45) is 0 Å². The Bertz CT molecular complexity index is 270. The van der Waals surface area contributed by atoms with Crippen LogP contribution in [0, 0.1) is 0 Å². The fourth-order valence-corrected chi connectivity index (χ4v) is 1.36. The number of rotatable bonds is 2. The van der Waals surface area contributed by atoms with Gasteiger partial charge in [0.15, 0.2) is 0 Å². The second kappa shape index (κ2) is 5.32. The molecule has 5 nitrogen and oxygen atoms in total. The number of carbonyl (C=O) groups is 1. The first-order valence-electron chi connectivity index (χ1n) is 5.31. The van der Waals surface area contributed by atoms with E-state index in [4.69, 9.17) is 14.6 Å². The Labute approximate surface area is 95.4 Å². The molecule has 0 aromatic heterocycles. The van der Waals surface area contributed by atoms with Gasteiger partial charge in [0.2, 0.25) is 0 Å². The van der Waals surface area contributed by atoms with Crippen LogP contribution in [0.2, 0.25) is 0 Å². The predicted octanol–water partition coefficient (Wildman–Crippen LogP) is 0.827. The van der Waals surface area contributed by atoms with Crippen molar-refractivity contribution in [1.82, 2.24) is 5.32 Å². The van der Waals surface area contributed by atoms with Crippen LogP contribution < -0.4 is 5.32 Å². The van der Waals surface area contributed by atoms with Gasteiger partial charge in [-0.2, -0.15) is 0 Å². The maximum atomic E-state index is 11.5. The highest BCUT2D eigenvalue weighted by Gasteiger charge is 2.25. The summed E-state index contributed by atoms with van der Waals surface area (Å²) in [6, 6.07) is -0.339. The van der Waals surface area contributed by atoms with Gasteiger partial charge < -0.3 is 19.9 Å². The van der Waals surface area contributed by atoms with E-state index in [0.717, 1.165) is 0 Å². The van der Waals surface area contributed by atoms with Crippen LogP contribution in [0.15, 0.2) is 12.2 Å². The molecule has 1 rings (SSSR count). The van der Waals surface area contributed by atoms with Crippen molar-refractivity contribution < 1.29 is 19.4 Å². The van der Waals surface area contributed by atoms with Crippen LogP contribution in [0.1, 0.15) is 20.8 Å². The largest absolute Gasteiger partial charge is 0.444 e. The quantitative estimate of drug-likeness (QED) is 0.688. The van der Waals surface area contributed by atoms with Crippen LogP contribution in [-0.2, 0) is 9.47 Å². The third-order valence-electron chi connectivity index (χ3n) is 2.01. The van der Waals surface area contributed by atoms with Crippen LogP contribution in [0.3, 0.4) is 0 Å². The lowest BCUT2D eigenvalue weighted by atomic mass is 10.1. The average molecular weight is 229 g/mol. The van der Waals surface area contributed by atoms with E-state index in [2.05, 4.69) is 5.32 Å². The van der Waals surface area contributed by atoms with Gasteiger partial charge in [-0.25, -0.2) is 4.79 Å². The smallest absolute Gasteiger partial charge is 0.408 e. The molecule has 0 spiro atoms. The lowest BCUT2D eigenvalue weighted by Gasteiger charge is -2.28. The summed E-state index contributed by atoms with van der Waals surface area (Å²) in [5, 5.41) is 11.7. The molecule has 0 saturated heterocycles. The lowest BCUT2D eigenvalue weighted by molar-refractivity contribution is -0.000228. The maximum Gasteiger partial charge on any atom is 0.408 e. The fourth-order valence-electron chi connectivity index (χ4n) is 1.36. The van der Waals surface area contributed by atoms with Gasteiger partial charge in [0, 0.05) is 0 Å². The molecule has 0 radical (unpaired) electrons. The normalized spacial score (nSPS) is 25.2. The number of ether oxygens (including phenoxy) is 2. The van der Waals surface area contributed by atoms with Gasteiger partial charge in [0.1, 0.15) is 11.7 Å². The summed E-state index contributed by atoms with van der Waals surface area (Å²) in [5.74, 6) is 0. The number of hydrogen-bond acceptors (Lipinski definition) is 4. The van der Waals surface area contributed by atoms with Crippen LogP contribution in [-0.4, -0.2) is 42.2 Å². The van der Waals surface area contributed by atoms with Crippen molar-refractivity contribution in [3.8, 4) is 0 Å². The molecule has 1 heterocycles. The van der Waals surface area contributed by atoms with Crippen molar-refractivity contribution in [2.75, 3.05) is 13.2 Å². The van der Waals surface area contributed by atoms with E-state index in [1.807, 2.05) is 0 Å². The van der Waals surface area contributed by atoms with Crippen molar-refractivity contribution in [3.63, 3.8) is 0 Å². The Morgan fingerprint density at radius 2 is 2.31 bits per heavy atom. The number of aliphatic hydroxyl groups is 1.